The largest absolute Gasteiger partial charge is 0.481 e. The standard InChI is InChI=1S/C43H72O11/c1-12-30(35(46)27(8)34(45)28(9)36-23(4)21-24(5)37(51-36)31(13-2)39(47)48)38-25(6)22-26(7)42(52-38)18-15-32(44)43(54-42)20-19-40(11,53-43)33-16-17-41(49,14-3)29(10)50-33/h15,18,23-34,36-38,44-45,49H,12-14,16-17,19-22H2,1-11H3,(H,47,48)/t23-,24-,25+,26-,27+,28+,29+,30+,31-,32-,33-,34-,36-,37-,38+,40+,41-,42+,43+/m1/s1. The molecule has 2 spiro atoms. The first-order chi connectivity index (χ1) is 25.2. The average molecular weight is 765 g/mol. The summed E-state index contributed by atoms with van der Waals surface area (Å²) in [5, 5.41) is 44.2. The first-order valence-electron chi connectivity index (χ1n) is 21.1. The van der Waals surface area contributed by atoms with Crippen LogP contribution in [0.5, 0.6) is 0 Å². The Kier molecular flexibility index (Phi) is 13.3. The molecule has 0 aliphatic carbocycles. The van der Waals surface area contributed by atoms with Gasteiger partial charge in [0.05, 0.1) is 53.7 Å². The van der Waals surface area contributed by atoms with Crippen molar-refractivity contribution < 1.29 is 53.7 Å². The van der Waals surface area contributed by atoms with E-state index in [4.69, 9.17) is 23.7 Å². The zero-order valence-corrected chi connectivity index (χ0v) is 34.8. The molecule has 0 aromatic heterocycles. The molecule has 310 valence electrons. The molecule has 11 heteroatoms. The van der Waals surface area contributed by atoms with Crippen molar-refractivity contribution in [2.24, 2.45) is 47.3 Å². The number of carbonyl (C=O) groups is 2. The molecule has 5 aliphatic rings. The fraction of sp³-hybridized carbons (Fsp3) is 0.907. The Morgan fingerprint density at radius 2 is 1.48 bits per heavy atom. The Bertz CT molecular complexity index is 1360. The van der Waals surface area contributed by atoms with E-state index in [1.54, 1.807) is 19.1 Å². The highest BCUT2D eigenvalue weighted by Crippen LogP contribution is 2.54. The molecule has 54 heavy (non-hydrogen) atoms. The number of carboxylic acid groups (broad SMARTS) is 1. The Labute approximate surface area is 323 Å². The Morgan fingerprint density at radius 3 is 2.07 bits per heavy atom. The molecular formula is C43H72O11. The molecule has 4 saturated heterocycles. The average Bonchev–Trinajstić information content (AvgIpc) is 3.47. The summed E-state index contributed by atoms with van der Waals surface area (Å²) < 4.78 is 33.6. The first-order valence-corrected chi connectivity index (χ1v) is 21.1. The van der Waals surface area contributed by atoms with Crippen LogP contribution in [-0.2, 0) is 33.3 Å². The van der Waals surface area contributed by atoms with Gasteiger partial charge < -0.3 is 44.1 Å². The van der Waals surface area contributed by atoms with Crippen LogP contribution in [0.3, 0.4) is 0 Å². The predicted octanol–water partition coefficient (Wildman–Crippen LogP) is 6.43. The minimum absolute atomic E-state index is 0.0104. The van der Waals surface area contributed by atoms with Gasteiger partial charge in [-0.1, -0.05) is 62.3 Å². The summed E-state index contributed by atoms with van der Waals surface area (Å²) in [5.41, 5.74) is -1.63. The van der Waals surface area contributed by atoms with Crippen LogP contribution in [0.4, 0.5) is 0 Å². The van der Waals surface area contributed by atoms with Crippen LogP contribution >= 0.6 is 0 Å². The monoisotopic (exact) mass is 765 g/mol. The zero-order valence-electron chi connectivity index (χ0n) is 34.8. The van der Waals surface area contributed by atoms with Gasteiger partial charge in [0.2, 0.25) is 5.79 Å². The van der Waals surface area contributed by atoms with Gasteiger partial charge in [0.15, 0.2) is 5.79 Å². The van der Waals surface area contributed by atoms with Crippen molar-refractivity contribution in [2.75, 3.05) is 0 Å². The third-order valence-corrected chi connectivity index (χ3v) is 14.8. The van der Waals surface area contributed by atoms with E-state index in [0.29, 0.717) is 51.4 Å². The molecule has 19 atom stereocenters. The van der Waals surface area contributed by atoms with Gasteiger partial charge in [0, 0.05) is 30.1 Å². The summed E-state index contributed by atoms with van der Waals surface area (Å²) in [4.78, 5) is 26.6. The highest BCUT2D eigenvalue weighted by Gasteiger charge is 2.63. The van der Waals surface area contributed by atoms with E-state index in [-0.39, 0.29) is 47.8 Å². The van der Waals surface area contributed by atoms with Crippen LogP contribution < -0.4 is 0 Å². The van der Waals surface area contributed by atoms with Crippen LogP contribution in [0.15, 0.2) is 12.2 Å². The van der Waals surface area contributed by atoms with Crippen LogP contribution in [-0.4, -0.2) is 97.7 Å². The lowest BCUT2D eigenvalue weighted by Crippen LogP contribution is -2.63. The van der Waals surface area contributed by atoms with Crippen molar-refractivity contribution in [2.45, 2.75) is 199 Å². The van der Waals surface area contributed by atoms with Crippen LogP contribution in [0, 0.1) is 47.3 Å². The summed E-state index contributed by atoms with van der Waals surface area (Å²) in [7, 11) is 0. The number of ketones is 1. The number of ether oxygens (including phenoxy) is 5. The number of rotatable bonds is 12. The van der Waals surface area contributed by atoms with Crippen molar-refractivity contribution in [1.82, 2.24) is 0 Å². The minimum atomic E-state index is -1.37. The van der Waals surface area contributed by atoms with Gasteiger partial charge in [0.1, 0.15) is 11.9 Å². The van der Waals surface area contributed by atoms with Crippen molar-refractivity contribution in [3.05, 3.63) is 12.2 Å². The number of Topliss-reactive ketones (excluding diaryl/α,β-unsaturated/α-hetero) is 1. The quantitative estimate of drug-likeness (QED) is 0.162. The molecule has 11 nitrogen and oxygen atoms in total. The Hall–Kier alpha value is -1.44. The molecule has 0 amide bonds. The fourth-order valence-corrected chi connectivity index (χ4v) is 10.9. The lowest BCUT2D eigenvalue weighted by Gasteiger charge is -2.54. The summed E-state index contributed by atoms with van der Waals surface area (Å²) in [5.74, 6) is -5.80. The topological polar surface area (TPSA) is 161 Å². The molecule has 4 N–H and O–H groups in total. The van der Waals surface area contributed by atoms with Gasteiger partial charge in [-0.15, -0.1) is 0 Å². The molecule has 0 unspecified atom stereocenters. The van der Waals surface area contributed by atoms with Crippen LogP contribution in [0.25, 0.3) is 0 Å². The Morgan fingerprint density at radius 1 is 0.852 bits per heavy atom. The molecule has 5 heterocycles. The van der Waals surface area contributed by atoms with Gasteiger partial charge in [0.25, 0.3) is 0 Å². The highest BCUT2D eigenvalue weighted by atomic mass is 16.8. The summed E-state index contributed by atoms with van der Waals surface area (Å²) in [6.07, 6.45) is 4.75. The second kappa shape index (κ2) is 16.4. The maximum atomic E-state index is 14.5. The van der Waals surface area contributed by atoms with Gasteiger partial charge in [-0.2, -0.15) is 0 Å². The van der Waals surface area contributed by atoms with E-state index >= 15 is 0 Å². The van der Waals surface area contributed by atoms with Crippen LogP contribution in [0.1, 0.15) is 134 Å². The molecule has 0 saturated carbocycles. The second-order valence-electron chi connectivity index (χ2n) is 18.5. The fourth-order valence-electron chi connectivity index (χ4n) is 10.9. The third-order valence-electron chi connectivity index (χ3n) is 14.8. The van der Waals surface area contributed by atoms with Crippen molar-refractivity contribution >= 4 is 11.8 Å². The molecule has 0 radical (unpaired) electrons. The third kappa shape index (κ3) is 7.88. The molecule has 0 bridgehead atoms. The molecular weight excluding hydrogens is 692 g/mol. The smallest absolute Gasteiger partial charge is 0.309 e. The van der Waals surface area contributed by atoms with Gasteiger partial charge >= 0.3 is 5.97 Å². The number of hydrogen-bond acceptors (Lipinski definition) is 10. The van der Waals surface area contributed by atoms with E-state index in [1.165, 1.54) is 0 Å². The van der Waals surface area contributed by atoms with Gasteiger partial charge in [-0.05, 0) is 95.1 Å². The molecule has 0 aromatic carbocycles. The van der Waals surface area contributed by atoms with E-state index < -0.39 is 76.8 Å². The maximum Gasteiger partial charge on any atom is 0.309 e. The summed E-state index contributed by atoms with van der Waals surface area (Å²) >= 11 is 0. The normalized spacial score (nSPS) is 46.9. The molecule has 5 rings (SSSR count). The second-order valence-corrected chi connectivity index (χ2v) is 18.5. The summed E-state index contributed by atoms with van der Waals surface area (Å²) in [6.45, 7) is 21.7. The van der Waals surface area contributed by atoms with E-state index in [2.05, 4.69) is 20.8 Å². The Balaban J connectivity index is 1.32. The van der Waals surface area contributed by atoms with E-state index in [0.717, 1.165) is 6.42 Å². The van der Waals surface area contributed by atoms with Crippen molar-refractivity contribution in [1.29, 1.82) is 0 Å². The predicted molar refractivity (Wildman–Crippen MR) is 203 cm³/mol. The van der Waals surface area contributed by atoms with E-state index in [1.807, 2.05) is 48.5 Å². The van der Waals surface area contributed by atoms with Gasteiger partial charge in [-0.3, -0.25) is 9.59 Å². The number of aliphatic carboxylic acids is 1. The molecule has 4 fully saturated rings. The number of aliphatic hydroxyl groups excluding tert-OH is 2. The lowest BCUT2D eigenvalue weighted by atomic mass is 9.72. The minimum Gasteiger partial charge on any atom is -0.481 e. The number of carbonyl (C=O) groups excluding carboxylic acids is 1. The van der Waals surface area contributed by atoms with Gasteiger partial charge in [-0.25, -0.2) is 0 Å². The number of hydrogen-bond donors (Lipinski definition) is 4. The lowest BCUT2D eigenvalue weighted by molar-refractivity contribution is -0.409. The van der Waals surface area contributed by atoms with Crippen molar-refractivity contribution in [3.8, 4) is 0 Å². The maximum absolute atomic E-state index is 14.5. The van der Waals surface area contributed by atoms with E-state index in [9.17, 15) is 30.0 Å². The number of carboxylic acids is 1. The molecule has 0 aromatic rings. The zero-order chi connectivity index (χ0) is 40.1. The molecule has 5 aliphatic heterocycles. The summed E-state index contributed by atoms with van der Waals surface area (Å²) in [6, 6.07) is 0. The number of aliphatic hydroxyl groups is 3. The first kappa shape index (κ1) is 43.7. The van der Waals surface area contributed by atoms with Crippen molar-refractivity contribution in [3.63, 3.8) is 0 Å². The SMILES string of the molecule is CC[C@@H](C(=O)O)[C@@H]1O[C@@H]([C@@H](C)[C@H](O)[C@H](C)C(=O)[C@H](CC)[C@H]2O[C@]3(C=C[C@@H](O)[C@]4(CC[C@@](C)([C@H]5CC[C@](O)(CC)[C@H](C)O5)O4)O3)[C@H](C)C[C@@H]2C)[C@H](C)C[C@H]1C. The van der Waals surface area contributed by atoms with Crippen LogP contribution in [0.2, 0.25) is 0 Å². The highest BCUT2D eigenvalue weighted by molar-refractivity contribution is 5.84.